The number of nitrogens with one attached hydrogen (secondary N) is 1. The molecule has 0 radical (unpaired) electrons. The number of carbonyl (C=O) groups excluding carboxylic acids is 1. The standard InChI is InChI=1S/C22H20BN5O2/c1-22(2)18-15(23)9-6-10-16(18)27(20(22)30)12-14-11-17(29)28-21(24-14)25-19(26-28)13-7-4-3-5-8-13/h3-11H,12,23H2,1-2H3,(H,24,25,26). The van der Waals surface area contributed by atoms with Gasteiger partial charge in [-0.25, -0.2) is 0 Å². The molecule has 30 heavy (non-hydrogen) atoms. The average Bonchev–Trinajstić information content (AvgIpc) is 3.23. The normalized spacial score (nSPS) is 15.0. The van der Waals surface area contributed by atoms with E-state index >= 15 is 0 Å². The van der Waals surface area contributed by atoms with Gasteiger partial charge < -0.3 is 9.88 Å². The quantitative estimate of drug-likeness (QED) is 0.526. The van der Waals surface area contributed by atoms with Crippen molar-refractivity contribution in [2.75, 3.05) is 4.90 Å². The van der Waals surface area contributed by atoms with Crippen molar-refractivity contribution in [3.05, 3.63) is 76.2 Å². The Labute approximate surface area is 173 Å². The van der Waals surface area contributed by atoms with Gasteiger partial charge in [0, 0.05) is 23.0 Å². The van der Waals surface area contributed by atoms with E-state index in [-0.39, 0.29) is 18.0 Å². The number of hydrogen-bond donors (Lipinski definition) is 1. The fourth-order valence-corrected chi connectivity index (χ4v) is 4.30. The summed E-state index contributed by atoms with van der Waals surface area (Å²) in [6, 6.07) is 16.9. The minimum Gasteiger partial charge on any atom is -0.326 e. The van der Waals surface area contributed by atoms with E-state index in [1.165, 1.54) is 10.6 Å². The zero-order chi connectivity index (χ0) is 21.0. The predicted molar refractivity (Wildman–Crippen MR) is 118 cm³/mol. The highest BCUT2D eigenvalue weighted by molar-refractivity contribution is 6.35. The summed E-state index contributed by atoms with van der Waals surface area (Å²) in [5, 5.41) is 4.32. The van der Waals surface area contributed by atoms with Gasteiger partial charge in [0.15, 0.2) is 5.82 Å². The van der Waals surface area contributed by atoms with E-state index < -0.39 is 5.41 Å². The van der Waals surface area contributed by atoms with Gasteiger partial charge in [-0.05, 0) is 25.5 Å². The van der Waals surface area contributed by atoms with Crippen molar-refractivity contribution in [1.82, 2.24) is 19.6 Å². The van der Waals surface area contributed by atoms with Crippen LogP contribution in [0.5, 0.6) is 0 Å². The molecule has 4 aromatic rings. The number of aromatic amines is 1. The first-order valence-corrected chi connectivity index (χ1v) is 9.83. The highest BCUT2D eigenvalue weighted by atomic mass is 16.2. The van der Waals surface area contributed by atoms with Gasteiger partial charge in [-0.3, -0.25) is 9.59 Å². The van der Waals surface area contributed by atoms with E-state index in [9.17, 15) is 9.59 Å². The second-order valence-corrected chi connectivity index (χ2v) is 8.15. The highest BCUT2D eigenvalue weighted by Crippen LogP contribution is 2.40. The van der Waals surface area contributed by atoms with Crippen molar-refractivity contribution in [3.8, 4) is 11.4 Å². The Bertz CT molecular complexity index is 1360. The van der Waals surface area contributed by atoms with Crippen LogP contribution in [0.3, 0.4) is 0 Å². The summed E-state index contributed by atoms with van der Waals surface area (Å²) < 4.78 is 1.25. The molecule has 1 aliphatic heterocycles. The summed E-state index contributed by atoms with van der Waals surface area (Å²) in [7, 11) is 2.02. The molecule has 7 nitrogen and oxygen atoms in total. The van der Waals surface area contributed by atoms with Crippen LogP contribution in [0.25, 0.3) is 17.2 Å². The topological polar surface area (TPSA) is 83.4 Å². The second-order valence-electron chi connectivity index (χ2n) is 8.15. The Morgan fingerprint density at radius 2 is 1.83 bits per heavy atom. The Morgan fingerprint density at radius 1 is 1.07 bits per heavy atom. The van der Waals surface area contributed by atoms with Crippen LogP contribution < -0.4 is 15.9 Å². The van der Waals surface area contributed by atoms with Gasteiger partial charge in [-0.15, -0.1) is 5.10 Å². The molecule has 8 heteroatoms. The Balaban J connectivity index is 1.56. The molecule has 0 saturated heterocycles. The monoisotopic (exact) mass is 397 g/mol. The van der Waals surface area contributed by atoms with Gasteiger partial charge in [-0.2, -0.15) is 9.50 Å². The van der Waals surface area contributed by atoms with Crippen LogP contribution in [0.4, 0.5) is 5.69 Å². The molecular weight excluding hydrogens is 377 g/mol. The number of aromatic nitrogens is 4. The smallest absolute Gasteiger partial charge is 0.275 e. The molecule has 3 heterocycles. The van der Waals surface area contributed by atoms with Crippen LogP contribution in [0.15, 0.2) is 59.4 Å². The Kier molecular flexibility index (Phi) is 3.93. The maximum Gasteiger partial charge on any atom is 0.275 e. The molecule has 1 N–H and O–H groups in total. The second kappa shape index (κ2) is 6.42. The largest absolute Gasteiger partial charge is 0.326 e. The summed E-state index contributed by atoms with van der Waals surface area (Å²) in [5.74, 6) is 0.839. The van der Waals surface area contributed by atoms with Gasteiger partial charge in [0.25, 0.3) is 5.56 Å². The number of benzene rings is 2. The lowest BCUT2D eigenvalue weighted by Gasteiger charge is -2.20. The van der Waals surface area contributed by atoms with Crippen LogP contribution in [-0.4, -0.2) is 33.3 Å². The maximum absolute atomic E-state index is 13.2. The molecule has 148 valence electrons. The number of fused-ring (bicyclic) bond motifs is 2. The minimum absolute atomic E-state index is 0.0129. The van der Waals surface area contributed by atoms with E-state index in [1.54, 1.807) is 4.90 Å². The Hall–Kier alpha value is -3.68. The summed E-state index contributed by atoms with van der Waals surface area (Å²) in [5.41, 5.74) is 3.55. The maximum atomic E-state index is 13.2. The van der Waals surface area contributed by atoms with E-state index in [1.807, 2.05) is 70.2 Å². The van der Waals surface area contributed by atoms with Gasteiger partial charge in [-0.1, -0.05) is 47.9 Å². The van der Waals surface area contributed by atoms with Crippen molar-refractivity contribution in [1.29, 1.82) is 0 Å². The van der Waals surface area contributed by atoms with Gasteiger partial charge in [0.05, 0.1) is 12.0 Å². The summed E-state index contributed by atoms with van der Waals surface area (Å²) >= 11 is 0. The minimum atomic E-state index is -0.611. The molecule has 2 aromatic heterocycles. The number of rotatable bonds is 3. The van der Waals surface area contributed by atoms with Crippen molar-refractivity contribution >= 4 is 30.7 Å². The molecular formula is C22H20BN5O2. The first kappa shape index (κ1) is 18.4. The Morgan fingerprint density at radius 3 is 2.60 bits per heavy atom. The molecule has 2 aromatic carbocycles. The molecule has 0 fully saturated rings. The number of anilines is 1. The fourth-order valence-electron chi connectivity index (χ4n) is 4.30. The van der Waals surface area contributed by atoms with Crippen molar-refractivity contribution < 1.29 is 4.79 Å². The molecule has 1 aliphatic rings. The van der Waals surface area contributed by atoms with E-state index in [2.05, 4.69) is 15.1 Å². The average molecular weight is 397 g/mol. The molecule has 0 unspecified atom stereocenters. The lowest BCUT2D eigenvalue weighted by Crippen LogP contribution is -2.37. The molecule has 1 amide bonds. The van der Waals surface area contributed by atoms with E-state index in [0.717, 1.165) is 22.3 Å². The number of amides is 1. The summed E-state index contributed by atoms with van der Waals surface area (Å²) in [6.07, 6.45) is 0. The number of nitrogens with zero attached hydrogens (tertiary/aromatic N) is 4. The molecule has 5 rings (SSSR count). The third-order valence-electron chi connectivity index (χ3n) is 5.69. The third kappa shape index (κ3) is 2.68. The predicted octanol–water partition coefficient (Wildman–Crippen LogP) is 1.17. The van der Waals surface area contributed by atoms with Crippen LogP contribution in [-0.2, 0) is 16.8 Å². The van der Waals surface area contributed by atoms with Crippen LogP contribution in [0.2, 0.25) is 0 Å². The zero-order valence-electron chi connectivity index (χ0n) is 17.0. The first-order chi connectivity index (χ1) is 14.4. The zero-order valence-corrected chi connectivity index (χ0v) is 17.0. The SMILES string of the molecule is Bc1cccc2c1C(C)(C)C(=O)N2Cc1cc(=O)n2nc(-c3ccccc3)nc2[nH]1. The van der Waals surface area contributed by atoms with Crippen LogP contribution in [0, 0.1) is 0 Å². The molecule has 0 bridgehead atoms. The molecule has 0 aliphatic carbocycles. The number of hydrogen-bond acceptors (Lipinski definition) is 4. The van der Waals surface area contributed by atoms with Crippen LogP contribution in [0.1, 0.15) is 25.1 Å². The summed E-state index contributed by atoms with van der Waals surface area (Å²) in [4.78, 5) is 35.2. The van der Waals surface area contributed by atoms with E-state index in [4.69, 9.17) is 0 Å². The fraction of sp³-hybridized carbons (Fsp3) is 0.182. The first-order valence-electron chi connectivity index (χ1n) is 9.83. The van der Waals surface area contributed by atoms with Crippen LogP contribution >= 0.6 is 0 Å². The summed E-state index contributed by atoms with van der Waals surface area (Å²) in [6.45, 7) is 4.15. The van der Waals surface area contributed by atoms with Gasteiger partial charge in [0.2, 0.25) is 11.7 Å². The molecule has 0 spiro atoms. The lowest BCUT2D eigenvalue weighted by atomic mass is 9.77. The number of H-pyrrole nitrogens is 1. The highest BCUT2D eigenvalue weighted by Gasteiger charge is 2.44. The van der Waals surface area contributed by atoms with Crippen molar-refractivity contribution in [2.45, 2.75) is 25.8 Å². The van der Waals surface area contributed by atoms with Gasteiger partial charge in [0.1, 0.15) is 7.85 Å². The lowest BCUT2D eigenvalue weighted by molar-refractivity contribution is -0.122. The van der Waals surface area contributed by atoms with Crippen molar-refractivity contribution in [3.63, 3.8) is 0 Å². The third-order valence-corrected chi connectivity index (χ3v) is 5.69. The number of carbonyl (C=O) groups is 1. The van der Waals surface area contributed by atoms with Gasteiger partial charge >= 0.3 is 0 Å². The van der Waals surface area contributed by atoms with Crippen molar-refractivity contribution in [2.24, 2.45) is 0 Å². The molecule has 0 atom stereocenters. The van der Waals surface area contributed by atoms with E-state index in [0.29, 0.717) is 17.3 Å². The molecule has 0 saturated carbocycles.